The van der Waals surface area contributed by atoms with Crippen molar-refractivity contribution >= 4 is 28.8 Å². The Morgan fingerprint density at radius 1 is 0.941 bits per heavy atom. The van der Waals surface area contributed by atoms with E-state index >= 15 is 0 Å². The molecule has 2 heterocycles. The number of carbonyl (C=O) groups excluding carboxylic acids is 1. The number of aldehydes is 1. The maximum Gasteiger partial charge on any atom is 0.147 e. The van der Waals surface area contributed by atoms with Crippen LogP contribution in [0.4, 0.5) is 11.5 Å². The molecule has 6 heteroatoms. The smallest absolute Gasteiger partial charge is 0.147 e. The highest BCUT2D eigenvalue weighted by atomic mass is 16.1. The SMILES string of the molecule is CNc1ccc(-c2ccc3ncc(N4CCCNCC4)nc3c2)cc1.O=CCc1ccccc1. The second kappa shape index (κ2) is 11.9. The molecule has 1 aliphatic rings. The van der Waals surface area contributed by atoms with Gasteiger partial charge in [-0.2, -0.15) is 0 Å². The highest BCUT2D eigenvalue weighted by molar-refractivity contribution is 5.82. The Balaban J connectivity index is 0.000000257. The first-order valence-electron chi connectivity index (χ1n) is 11.7. The lowest BCUT2D eigenvalue weighted by molar-refractivity contribution is -0.107. The molecule has 1 aromatic heterocycles. The number of benzene rings is 3. The molecule has 0 bridgehead atoms. The molecule has 0 atom stereocenters. The first kappa shape index (κ1) is 23.4. The monoisotopic (exact) mass is 453 g/mol. The summed E-state index contributed by atoms with van der Waals surface area (Å²) in [7, 11) is 1.93. The maximum absolute atomic E-state index is 9.97. The van der Waals surface area contributed by atoms with Gasteiger partial charge in [-0.15, -0.1) is 0 Å². The molecule has 1 aliphatic heterocycles. The molecule has 4 aromatic rings. The summed E-state index contributed by atoms with van der Waals surface area (Å²) in [5.74, 6) is 0.971. The van der Waals surface area contributed by atoms with E-state index in [0.29, 0.717) is 6.42 Å². The number of hydrogen-bond donors (Lipinski definition) is 2. The number of carbonyl (C=O) groups is 1. The highest BCUT2D eigenvalue weighted by Crippen LogP contribution is 2.25. The first-order valence-corrected chi connectivity index (χ1v) is 11.7. The molecule has 34 heavy (non-hydrogen) atoms. The van der Waals surface area contributed by atoms with Crippen molar-refractivity contribution in [2.75, 3.05) is 43.4 Å². The second-order valence-electron chi connectivity index (χ2n) is 8.21. The topological polar surface area (TPSA) is 70.2 Å². The molecule has 3 aromatic carbocycles. The van der Waals surface area contributed by atoms with Gasteiger partial charge in [-0.3, -0.25) is 4.98 Å². The molecule has 174 valence electrons. The summed E-state index contributed by atoms with van der Waals surface area (Å²) in [6.07, 6.45) is 4.47. The van der Waals surface area contributed by atoms with Crippen LogP contribution in [-0.4, -0.2) is 49.5 Å². The lowest BCUT2D eigenvalue weighted by Gasteiger charge is -2.20. The Morgan fingerprint density at radius 2 is 1.74 bits per heavy atom. The van der Waals surface area contributed by atoms with Crippen molar-refractivity contribution in [3.63, 3.8) is 0 Å². The molecule has 0 unspecified atom stereocenters. The Hall–Kier alpha value is -3.77. The van der Waals surface area contributed by atoms with Gasteiger partial charge in [0.1, 0.15) is 12.1 Å². The minimum Gasteiger partial charge on any atom is -0.388 e. The Labute approximate surface area is 201 Å². The molecule has 1 fully saturated rings. The molecule has 0 aliphatic carbocycles. The second-order valence-corrected chi connectivity index (χ2v) is 8.21. The quantitative estimate of drug-likeness (QED) is 0.432. The average Bonchev–Trinajstić information content (AvgIpc) is 3.19. The third-order valence-electron chi connectivity index (χ3n) is 5.86. The molecule has 0 amide bonds. The molecule has 6 nitrogen and oxygen atoms in total. The zero-order valence-electron chi connectivity index (χ0n) is 19.6. The summed E-state index contributed by atoms with van der Waals surface area (Å²) >= 11 is 0. The van der Waals surface area contributed by atoms with Gasteiger partial charge in [-0.1, -0.05) is 48.5 Å². The van der Waals surface area contributed by atoms with Crippen molar-refractivity contribution in [1.82, 2.24) is 15.3 Å². The van der Waals surface area contributed by atoms with Gasteiger partial charge in [0, 0.05) is 38.8 Å². The van der Waals surface area contributed by atoms with Crippen LogP contribution < -0.4 is 15.5 Å². The summed E-state index contributed by atoms with van der Waals surface area (Å²) in [6, 6.07) is 24.4. The third kappa shape index (κ3) is 6.17. The van der Waals surface area contributed by atoms with E-state index in [-0.39, 0.29) is 0 Å². The van der Waals surface area contributed by atoms with Gasteiger partial charge in [0.15, 0.2) is 0 Å². The minimum absolute atomic E-state index is 0.529. The molecular weight excluding hydrogens is 422 g/mol. The van der Waals surface area contributed by atoms with E-state index < -0.39 is 0 Å². The van der Waals surface area contributed by atoms with E-state index in [1.165, 1.54) is 11.1 Å². The van der Waals surface area contributed by atoms with E-state index in [9.17, 15) is 4.79 Å². The van der Waals surface area contributed by atoms with E-state index in [1.807, 2.05) is 43.6 Å². The molecule has 0 saturated carbocycles. The largest absolute Gasteiger partial charge is 0.388 e. The summed E-state index contributed by atoms with van der Waals surface area (Å²) in [5.41, 5.74) is 6.43. The fourth-order valence-electron chi connectivity index (χ4n) is 3.95. The number of rotatable bonds is 5. The number of aromatic nitrogens is 2. The zero-order valence-corrected chi connectivity index (χ0v) is 19.6. The average molecular weight is 454 g/mol. The lowest BCUT2D eigenvalue weighted by atomic mass is 10.0. The van der Waals surface area contributed by atoms with Crippen molar-refractivity contribution in [3.8, 4) is 11.1 Å². The Bertz CT molecular complexity index is 1190. The third-order valence-corrected chi connectivity index (χ3v) is 5.86. The van der Waals surface area contributed by atoms with Crippen molar-refractivity contribution in [3.05, 3.63) is 84.6 Å². The van der Waals surface area contributed by atoms with Crippen molar-refractivity contribution in [2.45, 2.75) is 12.8 Å². The Kier molecular flexibility index (Phi) is 8.19. The van der Waals surface area contributed by atoms with E-state index in [4.69, 9.17) is 4.98 Å². The summed E-state index contributed by atoms with van der Waals surface area (Å²) in [5, 5.41) is 6.58. The van der Waals surface area contributed by atoms with Gasteiger partial charge in [-0.05, 0) is 53.9 Å². The molecule has 2 N–H and O–H groups in total. The summed E-state index contributed by atoms with van der Waals surface area (Å²) < 4.78 is 0. The molecular formula is C28H31N5O. The van der Waals surface area contributed by atoms with Crippen LogP contribution in [0, 0.1) is 0 Å². The van der Waals surface area contributed by atoms with Crippen LogP contribution in [0.15, 0.2) is 79.0 Å². The van der Waals surface area contributed by atoms with Gasteiger partial charge in [0.25, 0.3) is 0 Å². The van der Waals surface area contributed by atoms with Crippen LogP contribution in [0.1, 0.15) is 12.0 Å². The number of nitrogens with zero attached hydrogens (tertiary/aromatic N) is 3. The zero-order chi connectivity index (χ0) is 23.6. The summed E-state index contributed by atoms with van der Waals surface area (Å²) in [6.45, 7) is 4.07. The summed E-state index contributed by atoms with van der Waals surface area (Å²) in [4.78, 5) is 21.8. The molecule has 0 radical (unpaired) electrons. The predicted octanol–water partition coefficient (Wildman–Crippen LogP) is 4.57. The number of anilines is 2. The molecule has 0 spiro atoms. The fourth-order valence-corrected chi connectivity index (χ4v) is 3.95. The number of nitrogens with one attached hydrogen (secondary N) is 2. The van der Waals surface area contributed by atoms with Gasteiger partial charge in [0.2, 0.25) is 0 Å². The highest BCUT2D eigenvalue weighted by Gasteiger charge is 2.12. The minimum atomic E-state index is 0.529. The number of fused-ring (bicyclic) bond motifs is 1. The first-order chi connectivity index (χ1) is 16.8. The van der Waals surface area contributed by atoms with E-state index in [0.717, 1.165) is 67.0 Å². The Morgan fingerprint density at radius 3 is 2.50 bits per heavy atom. The van der Waals surface area contributed by atoms with Gasteiger partial charge in [0.05, 0.1) is 17.2 Å². The van der Waals surface area contributed by atoms with E-state index in [2.05, 4.69) is 63.0 Å². The molecule has 1 saturated heterocycles. The predicted molar refractivity (Wildman–Crippen MR) is 140 cm³/mol. The maximum atomic E-state index is 9.97. The van der Waals surface area contributed by atoms with Crippen LogP contribution in [0.25, 0.3) is 22.2 Å². The normalized spacial score (nSPS) is 13.5. The van der Waals surface area contributed by atoms with Crippen LogP contribution in [0.5, 0.6) is 0 Å². The van der Waals surface area contributed by atoms with Gasteiger partial charge >= 0.3 is 0 Å². The standard InChI is InChI=1S/C20H23N5.C8H8O/c1-21-17-6-3-15(4-7-17)16-5-8-18-19(13-16)24-20(14-23-18)25-11-2-9-22-10-12-25;9-7-6-8-4-2-1-3-5-8/h3-8,13-14,21-22H,2,9-12H2,1H3;1-5,7H,6H2. The number of hydrogen-bond acceptors (Lipinski definition) is 6. The molecule has 5 rings (SSSR count). The van der Waals surface area contributed by atoms with Gasteiger partial charge < -0.3 is 20.3 Å². The van der Waals surface area contributed by atoms with Crippen LogP contribution in [-0.2, 0) is 11.2 Å². The van der Waals surface area contributed by atoms with Crippen molar-refractivity contribution in [1.29, 1.82) is 0 Å². The van der Waals surface area contributed by atoms with Crippen molar-refractivity contribution in [2.24, 2.45) is 0 Å². The fraction of sp³-hybridized carbons (Fsp3) is 0.250. The van der Waals surface area contributed by atoms with E-state index in [1.54, 1.807) is 0 Å². The van der Waals surface area contributed by atoms with Crippen LogP contribution >= 0.6 is 0 Å². The lowest BCUT2D eigenvalue weighted by Crippen LogP contribution is -2.28. The van der Waals surface area contributed by atoms with Crippen LogP contribution in [0.2, 0.25) is 0 Å². The van der Waals surface area contributed by atoms with Gasteiger partial charge in [-0.25, -0.2) is 4.98 Å². The van der Waals surface area contributed by atoms with Crippen LogP contribution in [0.3, 0.4) is 0 Å². The van der Waals surface area contributed by atoms with Crippen molar-refractivity contribution < 1.29 is 4.79 Å².